The van der Waals surface area contributed by atoms with Crippen LogP contribution in [0.15, 0.2) is 42.6 Å². The first-order valence-corrected chi connectivity index (χ1v) is 15.3. The van der Waals surface area contributed by atoms with Gasteiger partial charge in [-0.3, -0.25) is 19.5 Å². The summed E-state index contributed by atoms with van der Waals surface area (Å²) in [6.07, 6.45) is 1.53. The van der Waals surface area contributed by atoms with Crippen molar-refractivity contribution in [1.29, 1.82) is 5.26 Å². The Labute approximate surface area is 272 Å². The van der Waals surface area contributed by atoms with Gasteiger partial charge in [0.25, 0.3) is 0 Å². The fourth-order valence-electron chi connectivity index (χ4n) is 4.90. The summed E-state index contributed by atoms with van der Waals surface area (Å²) in [6, 6.07) is 13.4. The van der Waals surface area contributed by atoms with Gasteiger partial charge in [0, 0.05) is 29.9 Å². The first-order valence-electron chi connectivity index (χ1n) is 14.9. The van der Waals surface area contributed by atoms with Crippen LogP contribution in [0.4, 0.5) is 11.4 Å². The largest absolute Gasteiger partial charge is 0.495 e. The molecule has 4 rings (SSSR count). The zero-order valence-corrected chi connectivity index (χ0v) is 27.3. The first-order chi connectivity index (χ1) is 22.2. The van der Waals surface area contributed by atoms with Gasteiger partial charge in [0.15, 0.2) is 11.5 Å². The molecule has 0 unspecified atom stereocenters. The summed E-state index contributed by atoms with van der Waals surface area (Å²) >= 11 is 6.31. The fraction of sp³-hybridized carbons (Fsp3) is 0.353. The lowest BCUT2D eigenvalue weighted by Crippen LogP contribution is -2.38. The standard InChI is InChI=1S/C34H37ClN4O7/c1-6-43-30-14-22-12-25-28(37-18-24(17-36)34(25)38-27-16-29(42-5)26(35)11-21(27)4)13-23(22)15-31(30)46-10-9-39(19-32(40)44-7-2)20-33(41)45-8-3/h11-16,18H,6-10,19-20H2,1-5H3,(H,37,38). The van der Waals surface area contributed by atoms with Crippen molar-refractivity contribution in [2.75, 3.05) is 58.5 Å². The van der Waals surface area contributed by atoms with Gasteiger partial charge in [0.05, 0.1) is 61.8 Å². The predicted octanol–water partition coefficient (Wildman–Crippen LogP) is 6.18. The number of hydrogen-bond acceptors (Lipinski definition) is 11. The molecule has 0 saturated carbocycles. The highest BCUT2D eigenvalue weighted by Crippen LogP contribution is 2.39. The lowest BCUT2D eigenvalue weighted by molar-refractivity contribution is -0.148. The van der Waals surface area contributed by atoms with Gasteiger partial charge in [-0.25, -0.2) is 0 Å². The maximum atomic E-state index is 12.1. The van der Waals surface area contributed by atoms with Crippen LogP contribution in [0.5, 0.6) is 17.2 Å². The number of carbonyl (C=O) groups is 2. The Bertz CT molecular complexity index is 1750. The number of aryl methyl sites for hydroxylation is 1. The van der Waals surface area contributed by atoms with Crippen LogP contribution < -0.4 is 19.5 Å². The third kappa shape index (κ3) is 8.27. The Hall–Kier alpha value is -4.79. The van der Waals surface area contributed by atoms with Gasteiger partial charge in [0.1, 0.15) is 18.4 Å². The second kappa shape index (κ2) is 16.0. The third-order valence-electron chi connectivity index (χ3n) is 7.05. The molecule has 0 fully saturated rings. The molecular weight excluding hydrogens is 612 g/mol. The van der Waals surface area contributed by atoms with Crippen LogP contribution in [0, 0.1) is 18.3 Å². The van der Waals surface area contributed by atoms with Crippen LogP contribution >= 0.6 is 11.6 Å². The second-order valence-corrected chi connectivity index (χ2v) is 10.6. The van der Waals surface area contributed by atoms with Crippen molar-refractivity contribution < 1.29 is 33.3 Å². The molecule has 4 aromatic rings. The second-order valence-electron chi connectivity index (χ2n) is 10.2. The summed E-state index contributed by atoms with van der Waals surface area (Å²) in [6.45, 7) is 8.41. The van der Waals surface area contributed by atoms with Crippen molar-refractivity contribution in [3.05, 3.63) is 58.7 Å². The third-order valence-corrected chi connectivity index (χ3v) is 7.34. The summed E-state index contributed by atoms with van der Waals surface area (Å²) in [5.41, 5.74) is 3.26. The molecule has 12 heteroatoms. The number of ether oxygens (including phenoxy) is 5. The molecule has 0 amide bonds. The molecule has 46 heavy (non-hydrogen) atoms. The van der Waals surface area contributed by atoms with E-state index in [0.29, 0.717) is 45.6 Å². The van der Waals surface area contributed by atoms with Crippen molar-refractivity contribution in [2.24, 2.45) is 0 Å². The lowest BCUT2D eigenvalue weighted by atomic mass is 10.0. The molecule has 3 aromatic carbocycles. The van der Waals surface area contributed by atoms with E-state index in [2.05, 4.69) is 16.4 Å². The molecule has 0 spiro atoms. The van der Waals surface area contributed by atoms with E-state index < -0.39 is 11.9 Å². The number of nitriles is 1. The minimum Gasteiger partial charge on any atom is -0.495 e. The summed E-state index contributed by atoms with van der Waals surface area (Å²) in [4.78, 5) is 30.4. The Morgan fingerprint density at radius 3 is 2.17 bits per heavy atom. The van der Waals surface area contributed by atoms with Gasteiger partial charge in [-0.2, -0.15) is 5.26 Å². The number of anilines is 2. The number of pyridine rings is 1. The van der Waals surface area contributed by atoms with Gasteiger partial charge >= 0.3 is 11.9 Å². The zero-order valence-electron chi connectivity index (χ0n) is 26.6. The molecule has 0 atom stereocenters. The van der Waals surface area contributed by atoms with Crippen LogP contribution in [-0.2, 0) is 19.1 Å². The number of methoxy groups -OCH3 is 1. The molecule has 1 heterocycles. The monoisotopic (exact) mass is 648 g/mol. The van der Waals surface area contributed by atoms with Gasteiger partial charge in [-0.15, -0.1) is 0 Å². The summed E-state index contributed by atoms with van der Waals surface area (Å²) in [7, 11) is 1.55. The number of nitrogens with one attached hydrogen (secondary N) is 1. The Morgan fingerprint density at radius 2 is 1.57 bits per heavy atom. The van der Waals surface area contributed by atoms with Crippen molar-refractivity contribution in [3.8, 4) is 23.3 Å². The van der Waals surface area contributed by atoms with Gasteiger partial charge < -0.3 is 29.0 Å². The van der Waals surface area contributed by atoms with Crippen LogP contribution in [-0.4, -0.2) is 75.0 Å². The van der Waals surface area contributed by atoms with Crippen LogP contribution in [0.25, 0.3) is 21.7 Å². The Balaban J connectivity index is 1.66. The van der Waals surface area contributed by atoms with E-state index in [1.165, 1.54) is 6.20 Å². The quantitative estimate of drug-likeness (QED) is 0.117. The number of halogens is 1. The molecule has 1 aromatic heterocycles. The SMILES string of the molecule is CCOC(=O)CN(CCOc1cc2cc3ncc(C#N)c(Nc4cc(OC)c(Cl)cc4C)c3cc2cc1OCC)CC(=O)OCC. The number of esters is 2. The van der Waals surface area contributed by atoms with Crippen LogP contribution in [0.2, 0.25) is 5.02 Å². The molecule has 0 aliphatic rings. The molecule has 0 radical (unpaired) electrons. The smallest absolute Gasteiger partial charge is 0.320 e. The van der Waals surface area contributed by atoms with E-state index in [0.717, 1.165) is 27.4 Å². The van der Waals surface area contributed by atoms with Gasteiger partial charge in [-0.1, -0.05) is 11.6 Å². The van der Waals surface area contributed by atoms with E-state index in [1.807, 2.05) is 38.1 Å². The number of benzene rings is 3. The zero-order chi connectivity index (χ0) is 33.2. The van der Waals surface area contributed by atoms with E-state index in [1.54, 1.807) is 38.0 Å². The fourth-order valence-corrected chi connectivity index (χ4v) is 5.20. The van der Waals surface area contributed by atoms with E-state index in [-0.39, 0.29) is 39.5 Å². The highest BCUT2D eigenvalue weighted by Gasteiger charge is 2.18. The Kier molecular flexibility index (Phi) is 11.8. The highest BCUT2D eigenvalue weighted by molar-refractivity contribution is 6.32. The number of aromatic nitrogens is 1. The lowest BCUT2D eigenvalue weighted by Gasteiger charge is -2.21. The topological polar surface area (TPSA) is 132 Å². The minimum atomic E-state index is -0.439. The molecule has 0 aliphatic heterocycles. The van der Waals surface area contributed by atoms with Crippen LogP contribution in [0.1, 0.15) is 31.9 Å². The molecule has 0 saturated heterocycles. The normalized spacial score (nSPS) is 10.9. The summed E-state index contributed by atoms with van der Waals surface area (Å²) in [5.74, 6) is 0.651. The number of carbonyl (C=O) groups excluding carboxylic acids is 2. The van der Waals surface area contributed by atoms with E-state index in [9.17, 15) is 14.9 Å². The maximum absolute atomic E-state index is 12.1. The average Bonchev–Trinajstić information content (AvgIpc) is 3.02. The molecule has 11 nitrogen and oxygen atoms in total. The molecule has 0 bridgehead atoms. The highest BCUT2D eigenvalue weighted by atomic mass is 35.5. The number of nitrogens with zero attached hydrogens (tertiary/aromatic N) is 3. The summed E-state index contributed by atoms with van der Waals surface area (Å²) < 4.78 is 27.6. The van der Waals surface area contributed by atoms with Crippen LogP contribution in [0.3, 0.4) is 0 Å². The number of hydrogen-bond donors (Lipinski definition) is 1. The van der Waals surface area contributed by atoms with Crippen molar-refractivity contribution in [1.82, 2.24) is 9.88 Å². The molecular formula is C34H37ClN4O7. The maximum Gasteiger partial charge on any atom is 0.320 e. The molecule has 242 valence electrons. The van der Waals surface area contributed by atoms with Gasteiger partial charge in [0.2, 0.25) is 0 Å². The molecule has 1 N–H and O–H groups in total. The van der Waals surface area contributed by atoms with Gasteiger partial charge in [-0.05, 0) is 74.4 Å². The minimum absolute atomic E-state index is 0.0763. The Morgan fingerprint density at radius 1 is 0.913 bits per heavy atom. The average molecular weight is 649 g/mol. The van der Waals surface area contributed by atoms with Crippen molar-refractivity contribution >= 4 is 56.6 Å². The van der Waals surface area contributed by atoms with E-state index in [4.69, 9.17) is 35.3 Å². The van der Waals surface area contributed by atoms with E-state index >= 15 is 0 Å². The van der Waals surface area contributed by atoms with Crippen molar-refractivity contribution in [3.63, 3.8) is 0 Å². The predicted molar refractivity (Wildman–Crippen MR) is 176 cm³/mol. The summed E-state index contributed by atoms with van der Waals surface area (Å²) in [5, 5.41) is 16.3. The number of fused-ring (bicyclic) bond motifs is 2. The number of rotatable bonds is 15. The molecule has 0 aliphatic carbocycles. The first kappa shape index (κ1) is 34.1. The van der Waals surface area contributed by atoms with Crippen molar-refractivity contribution in [2.45, 2.75) is 27.7 Å².